The summed E-state index contributed by atoms with van der Waals surface area (Å²) in [6.45, 7) is 1.97. The van der Waals surface area contributed by atoms with Gasteiger partial charge in [-0.3, -0.25) is 0 Å². The molecule has 108 valence electrons. The highest BCUT2D eigenvalue weighted by Gasteiger charge is 2.33. The first kappa shape index (κ1) is 15.0. The van der Waals surface area contributed by atoms with Gasteiger partial charge in [0.1, 0.15) is 5.76 Å². The van der Waals surface area contributed by atoms with Crippen LogP contribution >= 0.6 is 11.8 Å². The third kappa shape index (κ3) is 3.37. The number of rotatable bonds is 4. The molecule has 0 aliphatic rings. The van der Waals surface area contributed by atoms with E-state index in [2.05, 4.69) is 5.32 Å². The van der Waals surface area contributed by atoms with Crippen molar-refractivity contribution in [3.8, 4) is 0 Å². The van der Waals surface area contributed by atoms with E-state index in [-0.39, 0.29) is 12.1 Å². The number of benzene rings is 1. The van der Waals surface area contributed by atoms with Crippen LogP contribution in [-0.2, 0) is 12.7 Å². The molecular weight excluding hydrogens is 287 g/mol. The first-order chi connectivity index (χ1) is 9.41. The van der Waals surface area contributed by atoms with Gasteiger partial charge in [-0.15, -0.1) is 0 Å². The molecule has 0 radical (unpaired) electrons. The lowest BCUT2D eigenvalue weighted by Crippen LogP contribution is -2.14. The molecule has 2 rings (SSSR count). The van der Waals surface area contributed by atoms with E-state index in [1.165, 1.54) is 30.2 Å². The standard InChI is InChI=1S/C14H14F3NOS/c1-9-13(5-6-19-9)20-11-4-3-10(8-18-2)12(7-11)14(15,16)17/h3-7,18H,8H2,1-2H3. The maximum atomic E-state index is 13.1. The molecule has 0 saturated carbocycles. The van der Waals surface area contributed by atoms with Crippen molar-refractivity contribution < 1.29 is 17.6 Å². The quantitative estimate of drug-likeness (QED) is 0.901. The minimum absolute atomic E-state index is 0.185. The molecule has 1 aromatic heterocycles. The molecule has 0 saturated heterocycles. The number of hydrogen-bond donors (Lipinski definition) is 1. The van der Waals surface area contributed by atoms with Gasteiger partial charge in [0.15, 0.2) is 0 Å². The molecule has 0 fully saturated rings. The van der Waals surface area contributed by atoms with E-state index in [9.17, 15) is 13.2 Å². The summed E-state index contributed by atoms with van der Waals surface area (Å²) in [4.78, 5) is 1.36. The Morgan fingerprint density at radius 1 is 1.25 bits per heavy atom. The zero-order chi connectivity index (χ0) is 14.8. The lowest BCUT2D eigenvalue weighted by atomic mass is 10.1. The van der Waals surface area contributed by atoms with Crippen LogP contribution in [0.4, 0.5) is 13.2 Å². The highest BCUT2D eigenvalue weighted by molar-refractivity contribution is 7.99. The predicted molar refractivity (Wildman–Crippen MR) is 71.8 cm³/mol. The summed E-state index contributed by atoms with van der Waals surface area (Å²) >= 11 is 1.26. The van der Waals surface area contributed by atoms with E-state index in [1.807, 2.05) is 0 Å². The number of aryl methyl sites for hydroxylation is 1. The summed E-state index contributed by atoms with van der Waals surface area (Å²) in [5, 5.41) is 2.75. The molecule has 0 amide bonds. The number of halogens is 3. The highest BCUT2D eigenvalue weighted by Crippen LogP contribution is 2.37. The minimum atomic E-state index is -4.35. The molecular formula is C14H14F3NOS. The van der Waals surface area contributed by atoms with Crippen molar-refractivity contribution >= 4 is 11.8 Å². The van der Waals surface area contributed by atoms with Gasteiger partial charge in [-0.1, -0.05) is 17.8 Å². The van der Waals surface area contributed by atoms with Gasteiger partial charge in [0.2, 0.25) is 0 Å². The lowest BCUT2D eigenvalue weighted by molar-refractivity contribution is -0.138. The van der Waals surface area contributed by atoms with Gasteiger partial charge >= 0.3 is 6.18 Å². The first-order valence-electron chi connectivity index (χ1n) is 5.98. The maximum absolute atomic E-state index is 13.1. The third-order valence-corrected chi connectivity index (χ3v) is 3.93. The minimum Gasteiger partial charge on any atom is -0.468 e. The molecule has 0 aliphatic heterocycles. The van der Waals surface area contributed by atoms with Gasteiger partial charge in [0.25, 0.3) is 0 Å². The Kier molecular flexibility index (Phi) is 4.45. The largest absolute Gasteiger partial charge is 0.468 e. The molecule has 1 N–H and O–H groups in total. The van der Waals surface area contributed by atoms with Crippen LogP contribution < -0.4 is 5.32 Å². The van der Waals surface area contributed by atoms with Crippen molar-refractivity contribution in [2.45, 2.75) is 29.4 Å². The molecule has 20 heavy (non-hydrogen) atoms. The van der Waals surface area contributed by atoms with Crippen molar-refractivity contribution in [3.63, 3.8) is 0 Å². The second kappa shape index (κ2) is 5.93. The topological polar surface area (TPSA) is 25.2 Å². The van der Waals surface area contributed by atoms with Gasteiger partial charge in [0.05, 0.1) is 16.7 Å². The molecule has 2 nitrogen and oxygen atoms in total. The van der Waals surface area contributed by atoms with Crippen molar-refractivity contribution in [2.24, 2.45) is 0 Å². The Labute approximate surface area is 119 Å². The molecule has 0 unspecified atom stereocenters. The summed E-state index contributed by atoms with van der Waals surface area (Å²) < 4.78 is 44.3. The Morgan fingerprint density at radius 2 is 2.00 bits per heavy atom. The average molecular weight is 301 g/mol. The smallest absolute Gasteiger partial charge is 0.416 e. The number of alkyl halides is 3. The van der Waals surface area contributed by atoms with E-state index >= 15 is 0 Å². The SMILES string of the molecule is CNCc1ccc(Sc2ccoc2C)cc1C(F)(F)F. The Hall–Kier alpha value is -1.40. The van der Waals surface area contributed by atoms with Crippen LogP contribution in [0.5, 0.6) is 0 Å². The monoisotopic (exact) mass is 301 g/mol. The van der Waals surface area contributed by atoms with Crippen LogP contribution in [0, 0.1) is 6.92 Å². The number of nitrogens with one attached hydrogen (secondary N) is 1. The Balaban J connectivity index is 2.34. The van der Waals surface area contributed by atoms with Crippen molar-refractivity contribution in [3.05, 3.63) is 47.4 Å². The molecule has 0 aliphatic carbocycles. The van der Waals surface area contributed by atoms with Crippen molar-refractivity contribution in [1.29, 1.82) is 0 Å². The molecule has 1 aromatic carbocycles. The van der Waals surface area contributed by atoms with Gasteiger partial charge in [-0.25, -0.2) is 0 Å². The van der Waals surface area contributed by atoms with Gasteiger partial charge < -0.3 is 9.73 Å². The van der Waals surface area contributed by atoms with Gasteiger partial charge in [-0.2, -0.15) is 13.2 Å². The second-order valence-electron chi connectivity index (χ2n) is 4.29. The zero-order valence-corrected chi connectivity index (χ0v) is 11.9. The zero-order valence-electron chi connectivity index (χ0n) is 11.0. The number of furan rings is 1. The van der Waals surface area contributed by atoms with E-state index < -0.39 is 11.7 Å². The molecule has 1 heterocycles. The fourth-order valence-electron chi connectivity index (χ4n) is 1.83. The van der Waals surface area contributed by atoms with E-state index in [0.717, 1.165) is 4.90 Å². The normalized spacial score (nSPS) is 11.8. The van der Waals surface area contributed by atoms with E-state index in [4.69, 9.17) is 4.42 Å². The lowest BCUT2D eigenvalue weighted by Gasteiger charge is -2.14. The van der Waals surface area contributed by atoms with Crippen molar-refractivity contribution in [2.75, 3.05) is 7.05 Å². The first-order valence-corrected chi connectivity index (χ1v) is 6.80. The Morgan fingerprint density at radius 3 is 2.55 bits per heavy atom. The third-order valence-electron chi connectivity index (χ3n) is 2.79. The van der Waals surface area contributed by atoms with Gasteiger partial charge in [0, 0.05) is 11.4 Å². The molecule has 0 atom stereocenters. The number of hydrogen-bond acceptors (Lipinski definition) is 3. The van der Waals surface area contributed by atoms with Crippen LogP contribution in [0.3, 0.4) is 0 Å². The van der Waals surface area contributed by atoms with Crippen LogP contribution in [0.25, 0.3) is 0 Å². The van der Waals surface area contributed by atoms with Crippen LogP contribution in [0.2, 0.25) is 0 Å². The van der Waals surface area contributed by atoms with E-state index in [0.29, 0.717) is 10.7 Å². The Bertz CT molecular complexity index is 592. The fourth-order valence-corrected chi connectivity index (χ4v) is 2.72. The summed E-state index contributed by atoms with van der Waals surface area (Å²) in [5.41, 5.74) is -0.355. The predicted octanol–water partition coefficient (Wildman–Crippen LogP) is 4.48. The molecule has 6 heteroatoms. The molecule has 2 aromatic rings. The van der Waals surface area contributed by atoms with Crippen molar-refractivity contribution in [1.82, 2.24) is 5.32 Å². The summed E-state index contributed by atoms with van der Waals surface area (Å²) in [5.74, 6) is 0.697. The van der Waals surface area contributed by atoms with E-state index in [1.54, 1.807) is 26.1 Å². The molecule has 0 bridgehead atoms. The van der Waals surface area contributed by atoms with Crippen LogP contribution in [0.1, 0.15) is 16.9 Å². The average Bonchev–Trinajstić information content (AvgIpc) is 2.76. The summed E-state index contributed by atoms with van der Waals surface area (Å²) in [7, 11) is 1.62. The highest BCUT2D eigenvalue weighted by atomic mass is 32.2. The summed E-state index contributed by atoms with van der Waals surface area (Å²) in [6, 6.07) is 6.13. The maximum Gasteiger partial charge on any atom is 0.416 e. The fraction of sp³-hybridized carbons (Fsp3) is 0.286. The van der Waals surface area contributed by atoms with Gasteiger partial charge in [-0.05, 0) is 37.7 Å². The molecule has 0 spiro atoms. The van der Waals surface area contributed by atoms with Crippen LogP contribution in [0.15, 0.2) is 44.7 Å². The second-order valence-corrected chi connectivity index (χ2v) is 5.41. The summed E-state index contributed by atoms with van der Waals surface area (Å²) in [6.07, 6.45) is -2.83. The van der Waals surface area contributed by atoms with Crippen LogP contribution in [-0.4, -0.2) is 7.05 Å².